The minimum Gasteiger partial charge on any atom is -0.508 e. The maximum atomic E-state index is 9.27. The van der Waals surface area contributed by atoms with Gasteiger partial charge in [-0.15, -0.1) is 0 Å². The van der Waals surface area contributed by atoms with Gasteiger partial charge < -0.3 is 10.0 Å². The van der Waals surface area contributed by atoms with E-state index < -0.39 is 0 Å². The molecule has 0 bridgehead atoms. The van der Waals surface area contributed by atoms with Gasteiger partial charge in [0, 0.05) is 38.4 Å². The predicted molar refractivity (Wildman–Crippen MR) is 71.4 cm³/mol. The van der Waals surface area contributed by atoms with E-state index in [1.165, 1.54) is 11.6 Å². The van der Waals surface area contributed by atoms with E-state index in [1.54, 1.807) is 12.1 Å². The number of aromatic hydroxyl groups is 1. The predicted octanol–water partition coefficient (Wildman–Crippen LogP) is 2.13. The lowest BCUT2D eigenvalue weighted by Crippen LogP contribution is -2.47. The summed E-state index contributed by atoms with van der Waals surface area (Å²) in [5.41, 5.74) is 1.21. The van der Waals surface area contributed by atoms with E-state index in [2.05, 4.69) is 23.6 Å². The maximum absolute atomic E-state index is 9.27. The zero-order valence-electron chi connectivity index (χ0n) is 10.7. The fourth-order valence-electron chi connectivity index (χ4n) is 2.27. The zero-order valence-corrected chi connectivity index (χ0v) is 10.7. The lowest BCUT2D eigenvalue weighted by Gasteiger charge is -2.36. The van der Waals surface area contributed by atoms with Gasteiger partial charge in [0.1, 0.15) is 5.75 Å². The van der Waals surface area contributed by atoms with Crippen LogP contribution in [0.1, 0.15) is 13.8 Å². The fourth-order valence-corrected chi connectivity index (χ4v) is 2.27. The molecule has 1 aromatic carbocycles. The third-order valence-electron chi connectivity index (χ3n) is 3.13. The van der Waals surface area contributed by atoms with Crippen molar-refractivity contribution in [3.05, 3.63) is 30.2 Å². The third kappa shape index (κ3) is 3.37. The highest BCUT2D eigenvalue weighted by molar-refractivity contribution is 5.49. The molecule has 17 heavy (non-hydrogen) atoms. The quantitative estimate of drug-likeness (QED) is 0.866. The van der Waals surface area contributed by atoms with Crippen molar-refractivity contribution in [2.45, 2.75) is 13.8 Å². The molecule has 93 valence electrons. The number of hydrogen-bond donors (Lipinski definition) is 1. The van der Waals surface area contributed by atoms with Gasteiger partial charge in [-0.3, -0.25) is 4.90 Å². The molecular formula is C14H21N2O. The number of rotatable bonds is 3. The summed E-state index contributed by atoms with van der Waals surface area (Å²) in [6, 6.07) is 7.49. The molecule has 3 heteroatoms. The van der Waals surface area contributed by atoms with Crippen LogP contribution in [0.5, 0.6) is 5.75 Å². The van der Waals surface area contributed by atoms with Crippen molar-refractivity contribution in [3.63, 3.8) is 0 Å². The molecule has 0 aliphatic carbocycles. The van der Waals surface area contributed by atoms with Crippen LogP contribution in [0.3, 0.4) is 0 Å². The molecule has 2 rings (SSSR count). The van der Waals surface area contributed by atoms with Gasteiger partial charge >= 0.3 is 0 Å². The molecule has 0 unspecified atom stereocenters. The Balaban J connectivity index is 1.88. The number of phenols is 1. The van der Waals surface area contributed by atoms with E-state index in [4.69, 9.17) is 0 Å². The van der Waals surface area contributed by atoms with Crippen LogP contribution in [0.4, 0.5) is 5.69 Å². The number of benzene rings is 1. The standard InChI is InChI=1S/C14H21N2O/c1-12(2)11-15-7-9-16(10-8-15)13-3-5-14(17)6-4-13/h3-6,17H,7-11H2,1-2H3. The van der Waals surface area contributed by atoms with E-state index in [0.717, 1.165) is 32.7 Å². The summed E-state index contributed by atoms with van der Waals surface area (Å²) in [7, 11) is 0. The molecule has 0 saturated carbocycles. The van der Waals surface area contributed by atoms with Crippen LogP contribution in [0, 0.1) is 5.92 Å². The number of phenolic OH excluding ortho intramolecular Hbond substituents is 1. The Kier molecular flexibility index (Phi) is 3.89. The van der Waals surface area contributed by atoms with Crippen LogP contribution in [0.25, 0.3) is 0 Å². The number of piperazine rings is 1. The third-order valence-corrected chi connectivity index (χ3v) is 3.13. The van der Waals surface area contributed by atoms with Gasteiger partial charge in [-0.2, -0.15) is 0 Å². The fraction of sp³-hybridized carbons (Fsp3) is 0.500. The topological polar surface area (TPSA) is 26.7 Å². The van der Waals surface area contributed by atoms with E-state index in [-0.39, 0.29) is 0 Å². The molecule has 1 radical (unpaired) electrons. The van der Waals surface area contributed by atoms with Gasteiger partial charge in [0.2, 0.25) is 0 Å². The normalized spacial score (nSPS) is 17.7. The smallest absolute Gasteiger partial charge is 0.115 e. The molecule has 1 fully saturated rings. The molecular weight excluding hydrogens is 212 g/mol. The summed E-state index contributed by atoms with van der Waals surface area (Å²) in [5, 5.41) is 9.27. The van der Waals surface area contributed by atoms with Crippen molar-refractivity contribution in [2.75, 3.05) is 37.6 Å². The molecule has 0 atom stereocenters. The largest absolute Gasteiger partial charge is 0.508 e. The first-order valence-corrected chi connectivity index (χ1v) is 6.20. The monoisotopic (exact) mass is 233 g/mol. The molecule has 1 aromatic rings. The second kappa shape index (κ2) is 5.41. The Hall–Kier alpha value is -1.22. The highest BCUT2D eigenvalue weighted by atomic mass is 16.3. The Bertz CT molecular complexity index is 340. The van der Waals surface area contributed by atoms with Gasteiger partial charge in [-0.05, 0) is 30.2 Å². The first-order valence-electron chi connectivity index (χ1n) is 6.20. The van der Waals surface area contributed by atoms with E-state index in [0.29, 0.717) is 5.75 Å². The maximum Gasteiger partial charge on any atom is 0.115 e. The summed E-state index contributed by atoms with van der Waals surface area (Å²) in [5.74, 6) is 1.81. The van der Waals surface area contributed by atoms with Crippen molar-refractivity contribution in [3.8, 4) is 5.75 Å². The molecule has 3 nitrogen and oxygen atoms in total. The average molecular weight is 233 g/mol. The van der Waals surface area contributed by atoms with Crippen molar-refractivity contribution < 1.29 is 5.11 Å². The number of nitrogens with zero attached hydrogens (tertiary/aromatic N) is 2. The average Bonchev–Trinajstić information content (AvgIpc) is 2.30. The lowest BCUT2D eigenvalue weighted by atomic mass is 10.2. The summed E-state index contributed by atoms with van der Waals surface area (Å²) >= 11 is 0. The Morgan fingerprint density at radius 2 is 1.65 bits per heavy atom. The Labute approximate surface area is 104 Å². The molecule has 1 N–H and O–H groups in total. The van der Waals surface area contributed by atoms with Crippen molar-refractivity contribution in [1.82, 2.24) is 4.90 Å². The SMILES string of the molecule is C[C](C)CN1CCN(c2ccc(O)cc2)CC1. The Morgan fingerprint density at radius 3 is 2.18 bits per heavy atom. The lowest BCUT2D eigenvalue weighted by molar-refractivity contribution is 0.267. The molecule has 0 amide bonds. The van der Waals surface area contributed by atoms with Crippen LogP contribution in [0.2, 0.25) is 0 Å². The van der Waals surface area contributed by atoms with Crippen molar-refractivity contribution in [1.29, 1.82) is 0 Å². The van der Waals surface area contributed by atoms with Crippen molar-refractivity contribution >= 4 is 5.69 Å². The minimum atomic E-state index is 0.337. The molecule has 1 saturated heterocycles. The minimum absolute atomic E-state index is 0.337. The molecule has 1 aliphatic rings. The van der Waals surface area contributed by atoms with Gasteiger partial charge in [0.25, 0.3) is 0 Å². The van der Waals surface area contributed by atoms with Crippen LogP contribution in [-0.2, 0) is 0 Å². The molecule has 0 spiro atoms. The number of anilines is 1. The second-order valence-electron chi connectivity index (χ2n) is 4.99. The van der Waals surface area contributed by atoms with Crippen molar-refractivity contribution in [2.24, 2.45) is 0 Å². The van der Waals surface area contributed by atoms with E-state index >= 15 is 0 Å². The van der Waals surface area contributed by atoms with Crippen LogP contribution in [0.15, 0.2) is 24.3 Å². The van der Waals surface area contributed by atoms with E-state index in [9.17, 15) is 5.11 Å². The first kappa shape index (κ1) is 12.2. The first-order chi connectivity index (χ1) is 8.15. The summed E-state index contributed by atoms with van der Waals surface area (Å²) < 4.78 is 0. The highest BCUT2D eigenvalue weighted by Gasteiger charge is 2.17. The van der Waals surface area contributed by atoms with Gasteiger partial charge in [-0.25, -0.2) is 0 Å². The Morgan fingerprint density at radius 1 is 1.06 bits per heavy atom. The van der Waals surface area contributed by atoms with Gasteiger partial charge in [-0.1, -0.05) is 13.8 Å². The molecule has 1 aliphatic heterocycles. The number of hydrogen-bond acceptors (Lipinski definition) is 3. The van der Waals surface area contributed by atoms with E-state index in [1.807, 2.05) is 12.1 Å². The van der Waals surface area contributed by atoms with Crippen LogP contribution < -0.4 is 4.90 Å². The summed E-state index contributed by atoms with van der Waals surface area (Å²) in [6.07, 6.45) is 0. The van der Waals surface area contributed by atoms with Crippen LogP contribution >= 0.6 is 0 Å². The summed E-state index contributed by atoms with van der Waals surface area (Å²) in [6.45, 7) is 9.86. The summed E-state index contributed by atoms with van der Waals surface area (Å²) in [4.78, 5) is 4.87. The molecule has 0 aromatic heterocycles. The molecule has 1 heterocycles. The second-order valence-corrected chi connectivity index (χ2v) is 4.99. The van der Waals surface area contributed by atoms with Gasteiger partial charge in [0.05, 0.1) is 0 Å². The zero-order chi connectivity index (χ0) is 12.3. The van der Waals surface area contributed by atoms with Crippen LogP contribution in [-0.4, -0.2) is 42.7 Å². The van der Waals surface area contributed by atoms with Gasteiger partial charge in [0.15, 0.2) is 0 Å². The highest BCUT2D eigenvalue weighted by Crippen LogP contribution is 2.20.